The van der Waals surface area contributed by atoms with Gasteiger partial charge in [-0.1, -0.05) is 12.2 Å². The molecular weight excluding hydrogens is 252 g/mol. The van der Waals surface area contributed by atoms with E-state index in [1.54, 1.807) is 20.0 Å². The third-order valence-corrected chi connectivity index (χ3v) is 2.65. The van der Waals surface area contributed by atoms with Gasteiger partial charge in [0.2, 0.25) is 0 Å². The Morgan fingerprint density at radius 1 is 1.61 bits per heavy atom. The third-order valence-electron chi connectivity index (χ3n) is 2.43. The summed E-state index contributed by atoms with van der Waals surface area (Å²) in [5.74, 6) is 0.832. The maximum atomic E-state index is 12.0. The van der Waals surface area contributed by atoms with Gasteiger partial charge in [-0.15, -0.1) is 0 Å². The minimum atomic E-state index is -0.298. The summed E-state index contributed by atoms with van der Waals surface area (Å²) in [4.78, 5) is 12.1. The number of nitrogens with zero attached hydrogens (tertiary/aromatic N) is 2. The molecule has 0 fully saturated rings. The average Bonchev–Trinajstić information content (AvgIpc) is 2.87. The van der Waals surface area contributed by atoms with Crippen molar-refractivity contribution in [3.8, 4) is 0 Å². The molecule has 6 nitrogen and oxygen atoms in total. The molecule has 0 unspecified atom stereocenters. The number of carbonyl (C=O) groups is 1. The number of aryl methyl sites for hydroxylation is 2. The Bertz CT molecular complexity index is 614. The van der Waals surface area contributed by atoms with Gasteiger partial charge in [0.05, 0.1) is 17.3 Å². The van der Waals surface area contributed by atoms with Crippen LogP contribution in [-0.4, -0.2) is 20.7 Å². The lowest BCUT2D eigenvalue weighted by Crippen LogP contribution is -2.18. The van der Waals surface area contributed by atoms with E-state index in [2.05, 4.69) is 10.4 Å². The van der Waals surface area contributed by atoms with Crippen molar-refractivity contribution in [1.82, 2.24) is 9.78 Å². The number of amides is 1. The first-order valence-electron chi connectivity index (χ1n) is 5.17. The number of nitrogens with two attached hydrogens (primary N) is 1. The van der Waals surface area contributed by atoms with E-state index in [0.717, 1.165) is 0 Å². The number of hydrogen-bond acceptors (Lipinski definition) is 4. The normalized spacial score (nSPS) is 10.3. The lowest BCUT2D eigenvalue weighted by molar-refractivity contribution is 0.102. The van der Waals surface area contributed by atoms with E-state index in [9.17, 15) is 4.79 Å². The summed E-state index contributed by atoms with van der Waals surface area (Å²) < 4.78 is 6.58. The van der Waals surface area contributed by atoms with Gasteiger partial charge in [0.15, 0.2) is 0 Å². The van der Waals surface area contributed by atoms with Gasteiger partial charge in [0.25, 0.3) is 5.91 Å². The molecule has 0 aliphatic carbocycles. The Morgan fingerprint density at radius 3 is 2.89 bits per heavy atom. The summed E-state index contributed by atoms with van der Waals surface area (Å²) >= 11 is 4.89. The minimum Gasteiger partial charge on any atom is -0.469 e. The Hall–Kier alpha value is -2.15. The van der Waals surface area contributed by atoms with Gasteiger partial charge in [-0.3, -0.25) is 9.48 Å². The van der Waals surface area contributed by atoms with E-state index in [1.165, 1.54) is 17.1 Å². The highest BCUT2D eigenvalue weighted by Gasteiger charge is 2.16. The van der Waals surface area contributed by atoms with E-state index in [1.807, 2.05) is 0 Å². The zero-order chi connectivity index (χ0) is 13.3. The summed E-state index contributed by atoms with van der Waals surface area (Å²) in [5, 5.41) is 6.70. The van der Waals surface area contributed by atoms with Gasteiger partial charge >= 0.3 is 0 Å². The molecule has 2 aromatic heterocycles. The van der Waals surface area contributed by atoms with Crippen molar-refractivity contribution in [2.45, 2.75) is 6.92 Å². The lowest BCUT2D eigenvalue weighted by atomic mass is 10.2. The van der Waals surface area contributed by atoms with Crippen LogP contribution in [0.5, 0.6) is 0 Å². The van der Waals surface area contributed by atoms with E-state index in [-0.39, 0.29) is 10.9 Å². The van der Waals surface area contributed by atoms with E-state index >= 15 is 0 Å². The van der Waals surface area contributed by atoms with Crippen molar-refractivity contribution in [3.05, 3.63) is 35.4 Å². The van der Waals surface area contributed by atoms with Gasteiger partial charge in [-0.25, -0.2) is 0 Å². The SMILES string of the molecule is Cc1cc(C(=O)Nc2c(C(N)=S)cnn2C)co1. The molecule has 2 aromatic rings. The number of aromatic nitrogens is 2. The minimum absolute atomic E-state index is 0.182. The smallest absolute Gasteiger partial charge is 0.260 e. The Labute approximate surface area is 109 Å². The van der Waals surface area contributed by atoms with Crippen LogP contribution in [0.4, 0.5) is 5.82 Å². The average molecular weight is 264 g/mol. The van der Waals surface area contributed by atoms with Crippen LogP contribution in [0.25, 0.3) is 0 Å². The molecule has 0 saturated heterocycles. The Kier molecular flexibility index (Phi) is 3.15. The molecule has 0 aliphatic rings. The fourth-order valence-electron chi connectivity index (χ4n) is 1.51. The Balaban J connectivity index is 2.27. The van der Waals surface area contributed by atoms with Crippen LogP contribution in [0.2, 0.25) is 0 Å². The first kappa shape index (κ1) is 12.3. The molecule has 0 bridgehead atoms. The lowest BCUT2D eigenvalue weighted by Gasteiger charge is -2.06. The quantitative estimate of drug-likeness (QED) is 0.814. The predicted molar refractivity (Wildman–Crippen MR) is 70.5 cm³/mol. The highest BCUT2D eigenvalue weighted by atomic mass is 32.1. The summed E-state index contributed by atoms with van der Waals surface area (Å²) in [7, 11) is 1.69. The highest BCUT2D eigenvalue weighted by Crippen LogP contribution is 2.16. The van der Waals surface area contributed by atoms with Crippen molar-refractivity contribution in [1.29, 1.82) is 0 Å². The largest absolute Gasteiger partial charge is 0.469 e. The van der Waals surface area contributed by atoms with E-state index in [4.69, 9.17) is 22.4 Å². The number of hydrogen-bond donors (Lipinski definition) is 2. The molecule has 7 heteroatoms. The standard InChI is InChI=1S/C11H12N4O2S/c1-6-3-7(5-17-6)11(16)14-10-8(9(12)18)4-13-15(10)2/h3-5H,1-2H3,(H2,12,18)(H,14,16). The second kappa shape index (κ2) is 4.61. The first-order chi connectivity index (χ1) is 8.49. The van der Waals surface area contributed by atoms with Crippen LogP contribution in [0.1, 0.15) is 21.7 Å². The molecule has 0 atom stereocenters. The van der Waals surface area contributed by atoms with Gasteiger partial charge in [-0.05, 0) is 13.0 Å². The van der Waals surface area contributed by atoms with Gasteiger partial charge in [-0.2, -0.15) is 5.10 Å². The van der Waals surface area contributed by atoms with Crippen molar-refractivity contribution in [2.75, 3.05) is 5.32 Å². The monoisotopic (exact) mass is 264 g/mol. The molecule has 0 radical (unpaired) electrons. The van der Waals surface area contributed by atoms with Crippen LogP contribution in [0.15, 0.2) is 22.9 Å². The van der Waals surface area contributed by atoms with Crippen molar-refractivity contribution < 1.29 is 9.21 Å². The second-order valence-corrected chi connectivity index (χ2v) is 4.23. The number of nitrogens with one attached hydrogen (secondary N) is 1. The number of thiocarbonyl (C=S) groups is 1. The van der Waals surface area contributed by atoms with Gasteiger partial charge < -0.3 is 15.5 Å². The molecule has 3 N–H and O–H groups in total. The topological polar surface area (TPSA) is 86.1 Å². The molecule has 0 aliphatic heterocycles. The summed E-state index contributed by atoms with van der Waals surface area (Å²) in [6.07, 6.45) is 2.90. The van der Waals surface area contributed by atoms with Crippen LogP contribution in [0.3, 0.4) is 0 Å². The number of furan rings is 1. The molecule has 0 saturated carbocycles. The molecular formula is C11H12N4O2S. The summed E-state index contributed by atoms with van der Waals surface area (Å²) in [6.45, 7) is 1.77. The Morgan fingerprint density at radius 2 is 2.33 bits per heavy atom. The maximum Gasteiger partial charge on any atom is 0.260 e. The number of anilines is 1. The van der Waals surface area contributed by atoms with Gasteiger partial charge in [0, 0.05) is 7.05 Å². The summed E-state index contributed by atoms with van der Waals surface area (Å²) in [5.41, 5.74) is 6.52. The van der Waals surface area contributed by atoms with Crippen LogP contribution in [-0.2, 0) is 7.05 Å². The van der Waals surface area contributed by atoms with E-state index < -0.39 is 0 Å². The van der Waals surface area contributed by atoms with E-state index in [0.29, 0.717) is 22.7 Å². The molecule has 0 spiro atoms. The molecule has 94 valence electrons. The number of carbonyl (C=O) groups excluding carboxylic acids is 1. The highest BCUT2D eigenvalue weighted by molar-refractivity contribution is 7.80. The fourth-order valence-corrected chi connectivity index (χ4v) is 1.66. The molecule has 18 heavy (non-hydrogen) atoms. The fraction of sp³-hybridized carbons (Fsp3) is 0.182. The van der Waals surface area contributed by atoms with Gasteiger partial charge in [0.1, 0.15) is 22.8 Å². The van der Waals surface area contributed by atoms with Crippen molar-refractivity contribution in [3.63, 3.8) is 0 Å². The van der Waals surface area contributed by atoms with Crippen LogP contribution < -0.4 is 11.1 Å². The second-order valence-electron chi connectivity index (χ2n) is 3.79. The van der Waals surface area contributed by atoms with Crippen LogP contribution in [0, 0.1) is 6.92 Å². The predicted octanol–water partition coefficient (Wildman–Crippen LogP) is 1.21. The molecule has 1 amide bonds. The molecule has 2 rings (SSSR count). The van der Waals surface area contributed by atoms with Crippen LogP contribution >= 0.6 is 12.2 Å². The zero-order valence-corrected chi connectivity index (χ0v) is 10.7. The number of rotatable bonds is 3. The zero-order valence-electron chi connectivity index (χ0n) is 9.93. The third kappa shape index (κ3) is 2.25. The maximum absolute atomic E-state index is 12.0. The summed E-state index contributed by atoms with van der Waals surface area (Å²) in [6, 6.07) is 1.64. The van der Waals surface area contributed by atoms with Crippen molar-refractivity contribution in [2.24, 2.45) is 12.8 Å². The molecule has 2 heterocycles. The first-order valence-corrected chi connectivity index (χ1v) is 5.58. The molecule has 0 aromatic carbocycles. The van der Waals surface area contributed by atoms with Crippen molar-refractivity contribution >= 4 is 28.9 Å².